The van der Waals surface area contributed by atoms with Gasteiger partial charge >= 0.3 is 5.97 Å². The molecule has 0 unspecified atom stereocenters. The molecule has 0 saturated carbocycles. The third-order valence-electron chi connectivity index (χ3n) is 1.62. The summed E-state index contributed by atoms with van der Waals surface area (Å²) in [6.45, 7) is 0.248. The van der Waals surface area contributed by atoms with Crippen molar-refractivity contribution in [2.75, 3.05) is 12.3 Å². The molecule has 1 heterocycles. The molecule has 1 rings (SSSR count). The number of nitrogens with two attached hydrogens (primary N) is 1. The van der Waals surface area contributed by atoms with E-state index in [1.54, 1.807) is 0 Å². The van der Waals surface area contributed by atoms with Crippen LogP contribution < -0.4 is 5.73 Å². The average molecular weight is 232 g/mol. The fraction of sp³-hybridized carbons (Fsp3) is 0.222. The van der Waals surface area contributed by atoms with E-state index in [4.69, 9.17) is 16.4 Å². The fourth-order valence-electron chi connectivity index (χ4n) is 0.920. The van der Waals surface area contributed by atoms with Gasteiger partial charge in [-0.05, 0) is 11.5 Å². The Kier molecular flexibility index (Phi) is 4.30. The number of aromatic carboxylic acids is 1. The second kappa shape index (κ2) is 5.95. The lowest BCUT2D eigenvalue weighted by molar-refractivity contribution is 0.0691. The van der Waals surface area contributed by atoms with E-state index in [0.717, 1.165) is 0 Å². The van der Waals surface area contributed by atoms with Crippen LogP contribution in [0, 0.1) is 11.8 Å². The summed E-state index contributed by atoms with van der Waals surface area (Å²) in [4.78, 5) is 20.7. The van der Waals surface area contributed by atoms with Gasteiger partial charge < -0.3 is 10.8 Å². The first-order valence-electron chi connectivity index (χ1n) is 4.50. The molecule has 0 bridgehead atoms. The molecule has 8 nitrogen and oxygen atoms in total. The molecule has 0 aliphatic heterocycles. The molecular formula is C9H8N6O2. The third-order valence-corrected chi connectivity index (χ3v) is 1.62. The Morgan fingerprint density at radius 1 is 1.71 bits per heavy atom. The van der Waals surface area contributed by atoms with Crippen molar-refractivity contribution in [1.29, 1.82) is 0 Å². The lowest BCUT2D eigenvalue weighted by Gasteiger charge is -1.97. The first kappa shape index (κ1) is 12.3. The summed E-state index contributed by atoms with van der Waals surface area (Å²) < 4.78 is 0. The zero-order chi connectivity index (χ0) is 12.7. The number of aromatic nitrogens is 2. The van der Waals surface area contributed by atoms with Crippen LogP contribution in [0.1, 0.15) is 22.6 Å². The van der Waals surface area contributed by atoms with Gasteiger partial charge in [0.15, 0.2) is 11.5 Å². The highest BCUT2D eigenvalue weighted by Gasteiger charge is 2.10. The van der Waals surface area contributed by atoms with E-state index in [-0.39, 0.29) is 23.8 Å². The normalized spacial score (nSPS) is 8.71. The highest BCUT2D eigenvalue weighted by atomic mass is 16.4. The third kappa shape index (κ3) is 3.70. The van der Waals surface area contributed by atoms with E-state index in [1.165, 1.54) is 6.20 Å². The minimum atomic E-state index is -1.26. The summed E-state index contributed by atoms with van der Waals surface area (Å²) >= 11 is 0. The predicted octanol–water partition coefficient (Wildman–Crippen LogP) is 0.809. The van der Waals surface area contributed by atoms with Crippen LogP contribution in [0.25, 0.3) is 10.4 Å². The lowest BCUT2D eigenvalue weighted by Crippen LogP contribution is -2.08. The van der Waals surface area contributed by atoms with Crippen LogP contribution in [-0.2, 0) is 0 Å². The molecule has 0 saturated heterocycles. The SMILES string of the molecule is [N-]=[N+]=NCCC#Cc1cnc(N)c(C(=O)O)n1. The summed E-state index contributed by atoms with van der Waals surface area (Å²) in [5, 5.41) is 12.0. The topological polar surface area (TPSA) is 138 Å². The molecule has 0 aliphatic rings. The van der Waals surface area contributed by atoms with Gasteiger partial charge in [-0.25, -0.2) is 14.8 Å². The number of carboxylic acid groups (broad SMARTS) is 1. The van der Waals surface area contributed by atoms with Crippen molar-refractivity contribution in [1.82, 2.24) is 9.97 Å². The minimum Gasteiger partial charge on any atom is -0.476 e. The van der Waals surface area contributed by atoms with Crippen molar-refractivity contribution in [2.24, 2.45) is 5.11 Å². The van der Waals surface area contributed by atoms with Crippen LogP contribution in [0.4, 0.5) is 5.82 Å². The summed E-state index contributed by atoms with van der Waals surface area (Å²) in [6, 6.07) is 0. The summed E-state index contributed by atoms with van der Waals surface area (Å²) in [5.41, 5.74) is 13.2. The molecule has 0 atom stereocenters. The first-order chi connectivity index (χ1) is 8.15. The van der Waals surface area contributed by atoms with E-state index in [2.05, 4.69) is 31.8 Å². The van der Waals surface area contributed by atoms with Gasteiger partial charge in [0, 0.05) is 17.9 Å². The molecule has 1 aromatic rings. The monoisotopic (exact) mass is 232 g/mol. The molecule has 0 fully saturated rings. The van der Waals surface area contributed by atoms with Crippen LogP contribution in [0.15, 0.2) is 11.3 Å². The number of nitrogen functional groups attached to an aromatic ring is 1. The van der Waals surface area contributed by atoms with Crippen LogP contribution >= 0.6 is 0 Å². The van der Waals surface area contributed by atoms with Gasteiger partial charge in [0.05, 0.1) is 6.20 Å². The summed E-state index contributed by atoms with van der Waals surface area (Å²) in [7, 11) is 0. The Morgan fingerprint density at radius 2 is 2.47 bits per heavy atom. The fourth-order valence-corrected chi connectivity index (χ4v) is 0.920. The molecule has 0 aliphatic carbocycles. The number of rotatable bonds is 3. The highest BCUT2D eigenvalue weighted by molar-refractivity contribution is 5.90. The van der Waals surface area contributed by atoms with Gasteiger partial charge in [-0.15, -0.1) is 0 Å². The Morgan fingerprint density at radius 3 is 3.12 bits per heavy atom. The Bertz CT molecular complexity index is 538. The molecule has 0 radical (unpaired) electrons. The maximum Gasteiger partial charge on any atom is 0.358 e. The molecular weight excluding hydrogens is 224 g/mol. The predicted molar refractivity (Wildman–Crippen MR) is 58.9 cm³/mol. The quantitative estimate of drug-likeness (QED) is 0.261. The molecule has 0 spiro atoms. The number of nitrogens with zero attached hydrogens (tertiary/aromatic N) is 5. The molecule has 3 N–H and O–H groups in total. The number of azide groups is 1. The largest absolute Gasteiger partial charge is 0.476 e. The van der Waals surface area contributed by atoms with Crippen molar-refractivity contribution < 1.29 is 9.90 Å². The van der Waals surface area contributed by atoms with E-state index < -0.39 is 5.97 Å². The Balaban J connectivity index is 2.82. The van der Waals surface area contributed by atoms with Crippen LogP contribution in [0.2, 0.25) is 0 Å². The first-order valence-corrected chi connectivity index (χ1v) is 4.50. The zero-order valence-corrected chi connectivity index (χ0v) is 8.66. The standard InChI is InChI=1S/C9H8N6O2/c10-8-7(9(16)17)14-6(5-12-8)3-1-2-4-13-15-11/h5H,2,4H2,(H2,10,12)(H,16,17). The van der Waals surface area contributed by atoms with Crippen molar-refractivity contribution in [3.63, 3.8) is 0 Å². The molecule has 0 aromatic carbocycles. The highest BCUT2D eigenvalue weighted by Crippen LogP contribution is 2.04. The Hall–Kier alpha value is -2.78. The van der Waals surface area contributed by atoms with Crippen molar-refractivity contribution in [3.8, 4) is 11.8 Å². The summed E-state index contributed by atoms with van der Waals surface area (Å²) in [6.07, 6.45) is 1.64. The zero-order valence-electron chi connectivity index (χ0n) is 8.66. The molecule has 1 aromatic heterocycles. The lowest BCUT2D eigenvalue weighted by atomic mass is 10.3. The van der Waals surface area contributed by atoms with Crippen molar-refractivity contribution in [2.45, 2.75) is 6.42 Å². The van der Waals surface area contributed by atoms with Crippen LogP contribution in [0.5, 0.6) is 0 Å². The van der Waals surface area contributed by atoms with Crippen LogP contribution in [-0.4, -0.2) is 27.6 Å². The second-order valence-corrected chi connectivity index (χ2v) is 2.80. The van der Waals surface area contributed by atoms with Gasteiger partial charge in [0.1, 0.15) is 5.69 Å². The van der Waals surface area contributed by atoms with Crippen LogP contribution in [0.3, 0.4) is 0 Å². The van der Waals surface area contributed by atoms with Crippen molar-refractivity contribution in [3.05, 3.63) is 28.0 Å². The van der Waals surface area contributed by atoms with E-state index in [1.807, 2.05) is 0 Å². The number of carbonyl (C=O) groups is 1. The van der Waals surface area contributed by atoms with Crippen molar-refractivity contribution >= 4 is 11.8 Å². The maximum atomic E-state index is 10.7. The van der Waals surface area contributed by atoms with Gasteiger partial charge in [-0.3, -0.25) is 0 Å². The molecule has 86 valence electrons. The summed E-state index contributed by atoms with van der Waals surface area (Å²) in [5.74, 6) is 3.86. The number of carboxylic acids is 1. The second-order valence-electron chi connectivity index (χ2n) is 2.80. The van der Waals surface area contributed by atoms with Gasteiger partial charge in [0.25, 0.3) is 0 Å². The number of hydrogen-bond donors (Lipinski definition) is 2. The smallest absolute Gasteiger partial charge is 0.358 e. The van der Waals surface area contributed by atoms with E-state index in [0.29, 0.717) is 6.42 Å². The number of hydrogen-bond acceptors (Lipinski definition) is 5. The Labute approximate surface area is 96.1 Å². The number of anilines is 1. The van der Waals surface area contributed by atoms with Gasteiger partial charge in [-0.2, -0.15) is 0 Å². The molecule has 17 heavy (non-hydrogen) atoms. The van der Waals surface area contributed by atoms with E-state index in [9.17, 15) is 4.79 Å². The molecule has 0 amide bonds. The average Bonchev–Trinajstić information content (AvgIpc) is 2.30. The van der Waals surface area contributed by atoms with Gasteiger partial charge in [-0.1, -0.05) is 11.0 Å². The molecule has 8 heteroatoms. The van der Waals surface area contributed by atoms with E-state index >= 15 is 0 Å². The van der Waals surface area contributed by atoms with Gasteiger partial charge in [0.2, 0.25) is 0 Å². The maximum absolute atomic E-state index is 10.7. The minimum absolute atomic E-state index is 0.155.